The first kappa shape index (κ1) is 22.6. The van der Waals surface area contributed by atoms with Crippen molar-refractivity contribution in [2.75, 3.05) is 4.90 Å². The lowest BCUT2D eigenvalue weighted by atomic mass is 9.88. The number of anilines is 1. The maximum atomic E-state index is 8.74. The SMILES string of the molecule is [2H]c1c([2H])c([2H])c(N2C=[N+](c3cccc(Oc4ccc5c6ccccc6n(-c6cc(C(C)(C)C)ccn6)c5c4)c3)C3C4CCC(C4)C32)c([2H])c1[2H]. The van der Waals surface area contributed by atoms with Crippen molar-refractivity contribution in [3.05, 3.63) is 121 Å². The molecule has 0 saturated heterocycles. The molecule has 0 spiro atoms. The standard InChI is InChI=1S/C41H39N4O/c1-41(2,3)29-20-21-42-38(23-29)45-36-15-8-7-14-34(36)35-19-18-33(25-37(35)45)46-32-13-9-12-31(24-32)44-26-43(30-10-5-4-6-11-30)39-27-16-17-28(22-27)40(39)44/h4-15,18-21,23-28,39-40H,16-17,22H2,1-3H3/q+1/i4D,5D,6D,10D,11D. The van der Waals surface area contributed by atoms with E-state index in [-0.39, 0.29) is 53.4 Å². The number of aromatic nitrogens is 2. The second-order valence-electron chi connectivity index (χ2n) is 14.0. The molecule has 9 rings (SSSR count). The summed E-state index contributed by atoms with van der Waals surface area (Å²) < 4.78 is 53.3. The highest BCUT2D eigenvalue weighted by atomic mass is 16.5. The zero-order chi connectivity index (χ0) is 35.3. The number of hydrogen-bond acceptors (Lipinski definition) is 3. The number of pyridine rings is 1. The highest BCUT2D eigenvalue weighted by Gasteiger charge is 2.59. The number of fused-ring (bicyclic) bond motifs is 8. The van der Waals surface area contributed by atoms with Gasteiger partial charge in [0.05, 0.1) is 17.9 Å². The molecule has 4 atom stereocenters. The monoisotopic (exact) mass is 608 g/mol. The van der Waals surface area contributed by atoms with Crippen LogP contribution in [0.4, 0.5) is 11.4 Å². The van der Waals surface area contributed by atoms with E-state index in [0.29, 0.717) is 23.3 Å². The quantitative estimate of drug-likeness (QED) is 0.183. The summed E-state index contributed by atoms with van der Waals surface area (Å²) in [5.74, 6) is 3.12. The summed E-state index contributed by atoms with van der Waals surface area (Å²) in [7, 11) is 0. The van der Waals surface area contributed by atoms with Crippen molar-refractivity contribution in [2.24, 2.45) is 11.8 Å². The van der Waals surface area contributed by atoms with Gasteiger partial charge in [-0.05, 0) is 84.8 Å². The van der Waals surface area contributed by atoms with Crippen LogP contribution in [0.2, 0.25) is 0 Å². The largest absolute Gasteiger partial charge is 0.457 e. The summed E-state index contributed by atoms with van der Waals surface area (Å²) in [5.41, 5.74) is 4.48. The van der Waals surface area contributed by atoms with E-state index >= 15 is 0 Å². The molecule has 46 heavy (non-hydrogen) atoms. The molecular weight excluding hydrogens is 564 g/mol. The lowest BCUT2D eigenvalue weighted by molar-refractivity contribution is -0.482. The van der Waals surface area contributed by atoms with Crippen molar-refractivity contribution in [3.63, 3.8) is 0 Å². The number of hydrogen-bond donors (Lipinski definition) is 0. The first-order valence-electron chi connectivity index (χ1n) is 18.8. The maximum absolute atomic E-state index is 8.74. The molecular formula is C41H39N4O+. The maximum Gasteiger partial charge on any atom is 0.245 e. The van der Waals surface area contributed by atoms with Crippen LogP contribution in [-0.2, 0) is 5.41 Å². The van der Waals surface area contributed by atoms with E-state index < -0.39 is 0 Å². The van der Waals surface area contributed by atoms with E-state index in [2.05, 4.69) is 84.5 Å². The molecule has 4 unspecified atom stereocenters. The van der Waals surface area contributed by atoms with Crippen LogP contribution in [0.5, 0.6) is 11.5 Å². The molecule has 3 heterocycles. The highest BCUT2D eigenvalue weighted by Crippen LogP contribution is 2.52. The highest BCUT2D eigenvalue weighted by molar-refractivity contribution is 6.09. The van der Waals surface area contributed by atoms with Crippen molar-refractivity contribution < 1.29 is 16.2 Å². The van der Waals surface area contributed by atoms with Crippen molar-refractivity contribution in [3.8, 4) is 17.3 Å². The van der Waals surface area contributed by atoms with Crippen LogP contribution >= 0.6 is 0 Å². The third-order valence-electron chi connectivity index (χ3n) is 10.3. The van der Waals surface area contributed by atoms with Gasteiger partial charge in [0, 0.05) is 40.9 Å². The van der Waals surface area contributed by atoms with Crippen molar-refractivity contribution >= 4 is 39.5 Å². The fourth-order valence-corrected chi connectivity index (χ4v) is 8.23. The van der Waals surface area contributed by atoms with Crippen LogP contribution in [0.3, 0.4) is 0 Å². The van der Waals surface area contributed by atoms with E-state index in [1.54, 1.807) is 0 Å². The van der Waals surface area contributed by atoms with Gasteiger partial charge in [-0.3, -0.25) is 4.57 Å². The molecule has 2 bridgehead atoms. The molecule has 2 aliphatic carbocycles. The summed E-state index contributed by atoms with van der Waals surface area (Å²) in [6.45, 7) is 6.63. The number of para-hydroxylation sites is 2. The van der Waals surface area contributed by atoms with Gasteiger partial charge in [0.15, 0.2) is 0 Å². The predicted octanol–water partition coefficient (Wildman–Crippen LogP) is 9.63. The third-order valence-corrected chi connectivity index (χ3v) is 10.3. The van der Waals surface area contributed by atoms with Gasteiger partial charge in [0.2, 0.25) is 6.34 Å². The van der Waals surface area contributed by atoms with Gasteiger partial charge in [-0.2, -0.15) is 0 Å². The van der Waals surface area contributed by atoms with Crippen LogP contribution in [0, 0.1) is 11.8 Å². The smallest absolute Gasteiger partial charge is 0.245 e. The summed E-state index contributed by atoms with van der Waals surface area (Å²) in [6.07, 6.45) is 7.14. The Balaban J connectivity index is 1.11. The Morgan fingerprint density at radius 2 is 1.63 bits per heavy atom. The zero-order valence-corrected chi connectivity index (χ0v) is 26.3. The minimum atomic E-state index is -0.368. The second kappa shape index (κ2) is 10.3. The summed E-state index contributed by atoms with van der Waals surface area (Å²) >= 11 is 0. The molecule has 0 amide bonds. The summed E-state index contributed by atoms with van der Waals surface area (Å²) in [6, 6.07) is 25.8. The van der Waals surface area contributed by atoms with Crippen LogP contribution in [0.1, 0.15) is 52.5 Å². The summed E-state index contributed by atoms with van der Waals surface area (Å²) in [5, 5.41) is 2.27. The molecule has 3 aliphatic rings. The summed E-state index contributed by atoms with van der Waals surface area (Å²) in [4.78, 5) is 6.79. The van der Waals surface area contributed by atoms with Crippen molar-refractivity contribution in [1.82, 2.24) is 9.55 Å². The number of benzene rings is 4. The Bertz CT molecular complexity index is 2400. The third kappa shape index (κ3) is 4.36. The fraction of sp³-hybridized carbons (Fsp3) is 0.268. The van der Waals surface area contributed by atoms with Crippen LogP contribution in [-0.4, -0.2) is 32.5 Å². The van der Waals surface area contributed by atoms with Gasteiger partial charge in [0.25, 0.3) is 0 Å². The van der Waals surface area contributed by atoms with Crippen LogP contribution in [0.15, 0.2) is 115 Å². The second-order valence-corrected chi connectivity index (χ2v) is 14.0. The van der Waals surface area contributed by atoms with Crippen molar-refractivity contribution in [2.45, 2.75) is 57.5 Å². The van der Waals surface area contributed by atoms with Crippen LogP contribution < -0.4 is 9.64 Å². The molecule has 4 aromatic carbocycles. The number of nitrogens with zero attached hydrogens (tertiary/aromatic N) is 4. The molecule has 0 N–H and O–H groups in total. The molecule has 228 valence electrons. The Morgan fingerprint density at radius 1 is 0.826 bits per heavy atom. The zero-order valence-electron chi connectivity index (χ0n) is 31.3. The minimum absolute atomic E-state index is 0.0215. The van der Waals surface area contributed by atoms with E-state index in [4.69, 9.17) is 16.6 Å². The van der Waals surface area contributed by atoms with Gasteiger partial charge in [0.1, 0.15) is 40.8 Å². The Kier molecular flexibility index (Phi) is 5.06. The lowest BCUT2D eigenvalue weighted by Gasteiger charge is -2.26. The molecule has 2 fully saturated rings. The molecule has 5 heteroatoms. The number of ether oxygens (including phenoxy) is 1. The van der Waals surface area contributed by atoms with Gasteiger partial charge < -0.3 is 4.74 Å². The minimum Gasteiger partial charge on any atom is -0.457 e. The predicted molar refractivity (Wildman–Crippen MR) is 187 cm³/mol. The average molecular weight is 609 g/mol. The molecule has 1 aliphatic heterocycles. The molecule has 6 aromatic rings. The Labute approximate surface area is 277 Å². The van der Waals surface area contributed by atoms with E-state index in [0.717, 1.165) is 52.6 Å². The van der Waals surface area contributed by atoms with Crippen LogP contribution in [0.25, 0.3) is 27.6 Å². The Hall–Kier alpha value is -4.90. The van der Waals surface area contributed by atoms with E-state index in [1.807, 2.05) is 41.7 Å². The lowest BCUT2D eigenvalue weighted by Crippen LogP contribution is -2.42. The van der Waals surface area contributed by atoms with E-state index in [1.165, 1.54) is 5.56 Å². The normalized spacial score (nSPS) is 23.6. The fourth-order valence-electron chi connectivity index (χ4n) is 8.23. The molecule has 2 saturated carbocycles. The van der Waals surface area contributed by atoms with Gasteiger partial charge in [-0.1, -0.05) is 63.2 Å². The van der Waals surface area contributed by atoms with Gasteiger partial charge in [-0.15, -0.1) is 0 Å². The molecule has 5 nitrogen and oxygen atoms in total. The molecule has 0 radical (unpaired) electrons. The van der Waals surface area contributed by atoms with Gasteiger partial charge in [-0.25, -0.2) is 14.5 Å². The average Bonchev–Trinajstić information content (AvgIpc) is 3.91. The first-order chi connectivity index (χ1) is 24.5. The van der Waals surface area contributed by atoms with Crippen molar-refractivity contribution in [1.29, 1.82) is 0 Å². The topological polar surface area (TPSA) is 33.3 Å². The van der Waals surface area contributed by atoms with E-state index in [9.17, 15) is 0 Å². The van der Waals surface area contributed by atoms with Gasteiger partial charge >= 0.3 is 0 Å². The Morgan fingerprint density at radius 3 is 2.50 bits per heavy atom. The molecule has 2 aromatic heterocycles. The number of rotatable bonds is 5. The first-order valence-corrected chi connectivity index (χ1v) is 16.3.